The Morgan fingerprint density at radius 2 is 2.13 bits per heavy atom. The van der Waals surface area contributed by atoms with Gasteiger partial charge in [0.2, 0.25) is 5.60 Å². The molecule has 2 saturated heterocycles. The Kier molecular flexibility index (Phi) is 5.78. The van der Waals surface area contributed by atoms with E-state index in [0.29, 0.717) is 18.6 Å². The molecule has 4 rings (SSSR count). The van der Waals surface area contributed by atoms with Crippen LogP contribution in [0.15, 0.2) is 18.5 Å². The third-order valence-electron chi connectivity index (χ3n) is 5.88. The molecule has 2 aromatic heterocycles. The van der Waals surface area contributed by atoms with E-state index >= 15 is 0 Å². The van der Waals surface area contributed by atoms with Crippen LogP contribution in [0.1, 0.15) is 18.5 Å². The number of esters is 1. The number of nitrogens with two attached hydrogens (primary N) is 2. The first-order valence-corrected chi connectivity index (χ1v) is 10.0. The van der Waals surface area contributed by atoms with E-state index in [1.807, 2.05) is 11.0 Å². The van der Waals surface area contributed by atoms with Crippen molar-refractivity contribution in [1.82, 2.24) is 19.5 Å². The third-order valence-corrected chi connectivity index (χ3v) is 5.88. The van der Waals surface area contributed by atoms with E-state index in [9.17, 15) is 20.3 Å². The van der Waals surface area contributed by atoms with Gasteiger partial charge in [0, 0.05) is 19.1 Å². The molecule has 2 aromatic rings. The summed E-state index contributed by atoms with van der Waals surface area (Å²) in [6, 6.07) is 5.21. The Hall–Kier alpha value is -2.82. The number of nitrogen functional groups attached to an aromatic ring is 1. The smallest absolute Gasteiger partial charge is 0.320 e. The molecule has 0 bridgehead atoms. The summed E-state index contributed by atoms with van der Waals surface area (Å²) in [4.78, 5) is 18.0. The number of rotatable bonds is 5. The van der Waals surface area contributed by atoms with Crippen LogP contribution in [0.3, 0.4) is 0 Å². The van der Waals surface area contributed by atoms with Crippen molar-refractivity contribution in [2.24, 2.45) is 5.73 Å². The second-order valence-electron chi connectivity index (χ2n) is 7.90. The lowest BCUT2D eigenvalue weighted by Gasteiger charge is -2.29. The van der Waals surface area contributed by atoms with E-state index in [2.05, 4.69) is 10.1 Å². The lowest BCUT2D eigenvalue weighted by atomic mass is 9.92. The van der Waals surface area contributed by atoms with Gasteiger partial charge in [-0.2, -0.15) is 10.4 Å². The lowest BCUT2D eigenvalue weighted by Crippen LogP contribution is -2.43. The van der Waals surface area contributed by atoms with E-state index in [-0.39, 0.29) is 30.7 Å². The van der Waals surface area contributed by atoms with Crippen LogP contribution in [-0.4, -0.2) is 86.3 Å². The summed E-state index contributed by atoms with van der Waals surface area (Å²) >= 11 is 0. The normalized spacial score (nSPS) is 29.8. The highest BCUT2D eigenvalue weighted by atomic mass is 16.6. The number of anilines is 1. The van der Waals surface area contributed by atoms with Crippen LogP contribution in [-0.2, 0) is 19.9 Å². The van der Waals surface area contributed by atoms with Crippen LogP contribution in [0.25, 0.3) is 5.52 Å². The molecule has 0 aliphatic carbocycles. The molecule has 166 valence electrons. The summed E-state index contributed by atoms with van der Waals surface area (Å²) in [5.74, 6) is -0.296. The van der Waals surface area contributed by atoms with Gasteiger partial charge in [0.1, 0.15) is 42.8 Å². The minimum absolute atomic E-state index is 0.0982. The summed E-state index contributed by atoms with van der Waals surface area (Å²) in [6.07, 6.45) is -1.31. The molecule has 2 aliphatic rings. The number of carbonyl (C=O) groups excluding carboxylic acids is 1. The predicted octanol–water partition coefficient (Wildman–Crippen LogP) is -1.88. The van der Waals surface area contributed by atoms with Gasteiger partial charge in [-0.05, 0) is 25.0 Å². The Labute approximate surface area is 177 Å². The second kappa shape index (κ2) is 8.37. The molecule has 6 N–H and O–H groups in total. The van der Waals surface area contributed by atoms with Gasteiger partial charge in [0.05, 0.1) is 12.2 Å². The maximum absolute atomic E-state index is 12.2. The fourth-order valence-electron chi connectivity index (χ4n) is 4.06. The molecule has 0 unspecified atom stereocenters. The topological polar surface area (TPSA) is 185 Å². The molecule has 12 heteroatoms. The van der Waals surface area contributed by atoms with Crippen LogP contribution in [0, 0.1) is 11.3 Å². The van der Waals surface area contributed by atoms with Crippen molar-refractivity contribution in [2.75, 3.05) is 32.0 Å². The molecular weight excluding hydrogens is 406 g/mol. The first-order valence-electron chi connectivity index (χ1n) is 10.0. The fourth-order valence-corrected chi connectivity index (χ4v) is 4.06. The van der Waals surface area contributed by atoms with Gasteiger partial charge >= 0.3 is 5.97 Å². The molecule has 0 amide bonds. The van der Waals surface area contributed by atoms with Gasteiger partial charge in [0.15, 0.2) is 5.82 Å². The summed E-state index contributed by atoms with van der Waals surface area (Å²) in [5.41, 5.74) is 10.4. The Morgan fingerprint density at radius 1 is 1.39 bits per heavy atom. The van der Waals surface area contributed by atoms with Gasteiger partial charge in [0.25, 0.3) is 0 Å². The van der Waals surface area contributed by atoms with Crippen LogP contribution < -0.4 is 11.5 Å². The fraction of sp³-hybridized carbons (Fsp3) is 0.579. The molecule has 0 aromatic carbocycles. The first kappa shape index (κ1) is 21.4. The zero-order chi connectivity index (χ0) is 22.2. The average molecular weight is 431 g/mol. The molecule has 0 saturated carbocycles. The number of aliphatic hydroxyl groups excluding tert-OH is 2. The largest absolute Gasteiger partial charge is 0.462 e. The van der Waals surface area contributed by atoms with E-state index in [4.69, 9.17) is 20.9 Å². The summed E-state index contributed by atoms with van der Waals surface area (Å²) < 4.78 is 12.4. The number of hydrogen-bond acceptors (Lipinski definition) is 11. The van der Waals surface area contributed by atoms with E-state index in [1.165, 1.54) is 16.9 Å². The van der Waals surface area contributed by atoms with Crippen LogP contribution in [0.2, 0.25) is 0 Å². The molecule has 0 radical (unpaired) electrons. The first-order chi connectivity index (χ1) is 14.9. The number of piperidine rings is 1. The monoisotopic (exact) mass is 431 g/mol. The minimum atomic E-state index is -1.92. The number of nitriles is 1. The highest BCUT2D eigenvalue weighted by Crippen LogP contribution is 2.40. The van der Waals surface area contributed by atoms with Crippen molar-refractivity contribution in [3.63, 3.8) is 0 Å². The maximum Gasteiger partial charge on any atom is 0.320 e. The SMILES string of the molecule is N#C[C@@]1(c2ccc3c(N)ncnn23)O[C@H](COC(=O)CN2CCC(N)CC2)[C@@H](O)[C@H]1O. The van der Waals surface area contributed by atoms with Gasteiger partial charge in [-0.1, -0.05) is 0 Å². The molecule has 12 nitrogen and oxygen atoms in total. The number of fused-ring (bicyclic) bond motifs is 1. The summed E-state index contributed by atoms with van der Waals surface area (Å²) in [5, 5.41) is 35.1. The molecule has 31 heavy (non-hydrogen) atoms. The van der Waals surface area contributed by atoms with E-state index < -0.39 is 29.9 Å². The van der Waals surface area contributed by atoms with Crippen molar-refractivity contribution >= 4 is 17.3 Å². The molecular formula is C19H25N7O5. The Morgan fingerprint density at radius 3 is 2.84 bits per heavy atom. The van der Waals surface area contributed by atoms with Crippen molar-refractivity contribution in [2.45, 2.75) is 42.8 Å². The minimum Gasteiger partial charge on any atom is -0.462 e. The summed E-state index contributed by atoms with van der Waals surface area (Å²) in [7, 11) is 0. The number of carbonyl (C=O) groups is 1. The number of hydrogen-bond donors (Lipinski definition) is 4. The van der Waals surface area contributed by atoms with Crippen molar-refractivity contribution in [1.29, 1.82) is 5.26 Å². The number of aromatic nitrogens is 3. The standard InChI is InChI=1S/C19H25N7O5/c20-9-19(14-2-1-12-18(22)23-10-24-26(12)14)17(29)16(28)13(31-19)8-30-15(27)7-25-5-3-11(21)4-6-25/h1-2,10-11,13,16-17,28-29H,3-8,21H2,(H2,22,23,24)/t13-,16-,17-,19+/m1/s1. The van der Waals surface area contributed by atoms with Crippen molar-refractivity contribution in [3.05, 3.63) is 24.2 Å². The predicted molar refractivity (Wildman–Crippen MR) is 106 cm³/mol. The van der Waals surface area contributed by atoms with Crippen LogP contribution in [0.5, 0.6) is 0 Å². The number of aliphatic hydroxyl groups is 2. The van der Waals surface area contributed by atoms with E-state index in [0.717, 1.165) is 12.8 Å². The molecule has 2 aliphatic heterocycles. The van der Waals surface area contributed by atoms with Gasteiger partial charge in [-0.25, -0.2) is 9.50 Å². The Balaban J connectivity index is 1.46. The highest BCUT2D eigenvalue weighted by molar-refractivity contribution is 5.71. The van der Waals surface area contributed by atoms with Gasteiger partial charge in [-0.3, -0.25) is 9.69 Å². The zero-order valence-corrected chi connectivity index (χ0v) is 16.8. The van der Waals surface area contributed by atoms with E-state index in [1.54, 1.807) is 6.07 Å². The molecule has 4 heterocycles. The molecule has 4 atom stereocenters. The second-order valence-corrected chi connectivity index (χ2v) is 7.90. The zero-order valence-electron chi connectivity index (χ0n) is 16.8. The molecule has 0 spiro atoms. The highest BCUT2D eigenvalue weighted by Gasteiger charge is 2.57. The van der Waals surface area contributed by atoms with Gasteiger partial charge < -0.3 is 31.2 Å². The molecule has 2 fully saturated rings. The van der Waals surface area contributed by atoms with Gasteiger partial charge in [-0.15, -0.1) is 0 Å². The van der Waals surface area contributed by atoms with Crippen LogP contribution >= 0.6 is 0 Å². The van der Waals surface area contributed by atoms with Crippen molar-refractivity contribution in [3.8, 4) is 6.07 Å². The Bertz CT molecular complexity index is 999. The maximum atomic E-state index is 12.2. The van der Waals surface area contributed by atoms with Crippen molar-refractivity contribution < 1.29 is 24.5 Å². The number of likely N-dealkylation sites (tertiary alicyclic amines) is 1. The number of nitrogens with zero attached hydrogens (tertiary/aromatic N) is 5. The third kappa shape index (κ3) is 3.82. The summed E-state index contributed by atoms with van der Waals surface area (Å²) in [6.45, 7) is 1.21. The quantitative estimate of drug-likeness (QED) is 0.388. The number of ether oxygens (including phenoxy) is 2. The average Bonchev–Trinajstić information content (AvgIpc) is 3.30. The van der Waals surface area contributed by atoms with Crippen LogP contribution in [0.4, 0.5) is 5.82 Å². The lowest BCUT2D eigenvalue weighted by molar-refractivity contribution is -0.152.